The first-order valence-corrected chi connectivity index (χ1v) is 9.88. The van der Waals surface area contributed by atoms with E-state index >= 15 is 0 Å². The van der Waals surface area contributed by atoms with Crippen LogP contribution >= 0.6 is 0 Å². The maximum absolute atomic E-state index is 13.3. The lowest BCUT2D eigenvalue weighted by molar-refractivity contribution is -0.135. The Bertz CT molecular complexity index is 1210. The summed E-state index contributed by atoms with van der Waals surface area (Å²) in [7, 11) is 3.36. The number of carbonyl (C=O) groups is 2. The number of nitrogens with zero attached hydrogens (tertiary/aromatic N) is 5. The molecule has 2 bridgehead atoms. The SMILES string of the molecule is CN(C)C(=O)[C@H]1[C@H]2C[C@H](CN(C(=O)c3onc4ncccc34)C2)c2cccc(=O)n21. The van der Waals surface area contributed by atoms with Crippen molar-refractivity contribution in [1.29, 1.82) is 0 Å². The van der Waals surface area contributed by atoms with Gasteiger partial charge in [-0.2, -0.15) is 0 Å². The normalized spacial score (nSPS) is 22.6. The summed E-state index contributed by atoms with van der Waals surface area (Å²) >= 11 is 0. The van der Waals surface area contributed by atoms with Gasteiger partial charge in [0.05, 0.1) is 5.39 Å². The second kappa shape index (κ2) is 6.79. The largest absolute Gasteiger partial charge is 0.348 e. The van der Waals surface area contributed by atoms with Gasteiger partial charge in [0.2, 0.25) is 17.3 Å². The topological polar surface area (TPSA) is 102 Å². The molecule has 154 valence electrons. The maximum Gasteiger partial charge on any atom is 0.293 e. The van der Waals surface area contributed by atoms with Crippen LogP contribution in [0.5, 0.6) is 0 Å². The summed E-state index contributed by atoms with van der Waals surface area (Å²) in [5, 5.41) is 4.45. The monoisotopic (exact) mass is 407 g/mol. The van der Waals surface area contributed by atoms with Crippen LogP contribution in [0.1, 0.15) is 34.6 Å². The number of amides is 2. The third-order valence-electron chi connectivity index (χ3n) is 6.08. The number of rotatable bonds is 2. The van der Waals surface area contributed by atoms with Crippen molar-refractivity contribution >= 4 is 22.8 Å². The number of likely N-dealkylation sites (N-methyl/N-ethyl adjacent to an activating group) is 1. The zero-order chi connectivity index (χ0) is 21.0. The Hall–Kier alpha value is -3.49. The van der Waals surface area contributed by atoms with Gasteiger partial charge >= 0.3 is 0 Å². The Labute approximate surface area is 171 Å². The molecule has 0 spiro atoms. The Morgan fingerprint density at radius 1 is 1.17 bits per heavy atom. The molecule has 9 nitrogen and oxygen atoms in total. The lowest BCUT2D eigenvalue weighted by atomic mass is 9.78. The molecule has 3 atom stereocenters. The van der Waals surface area contributed by atoms with Crippen LogP contribution in [0.15, 0.2) is 45.8 Å². The number of aromatic nitrogens is 3. The number of carbonyl (C=O) groups excluding carboxylic acids is 2. The molecule has 30 heavy (non-hydrogen) atoms. The quantitative estimate of drug-likeness (QED) is 0.634. The third kappa shape index (κ3) is 2.72. The Balaban J connectivity index is 1.55. The Kier molecular flexibility index (Phi) is 4.19. The van der Waals surface area contributed by atoms with Crippen LogP contribution in [0.4, 0.5) is 0 Å². The molecule has 0 radical (unpaired) electrons. The van der Waals surface area contributed by atoms with E-state index in [1.54, 1.807) is 48.0 Å². The minimum absolute atomic E-state index is 0.0277. The lowest BCUT2D eigenvalue weighted by Gasteiger charge is -2.46. The summed E-state index contributed by atoms with van der Waals surface area (Å²) in [6, 6.07) is 7.92. The van der Waals surface area contributed by atoms with Crippen LogP contribution in [0, 0.1) is 5.92 Å². The van der Waals surface area contributed by atoms with Crippen molar-refractivity contribution in [2.75, 3.05) is 27.2 Å². The summed E-state index contributed by atoms with van der Waals surface area (Å²) in [6.07, 6.45) is 2.34. The summed E-state index contributed by atoms with van der Waals surface area (Å²) in [5.74, 6) is -0.457. The van der Waals surface area contributed by atoms with Crippen molar-refractivity contribution in [1.82, 2.24) is 24.5 Å². The number of hydrogen-bond donors (Lipinski definition) is 0. The molecule has 2 aliphatic rings. The molecular formula is C21H21N5O4. The molecule has 0 N–H and O–H groups in total. The van der Waals surface area contributed by atoms with Crippen molar-refractivity contribution < 1.29 is 14.1 Å². The molecule has 3 aromatic heterocycles. The molecule has 0 aromatic carbocycles. The molecule has 5 rings (SSSR count). The van der Waals surface area contributed by atoms with Gasteiger partial charge in [0.1, 0.15) is 6.04 Å². The molecule has 2 amide bonds. The first kappa shape index (κ1) is 18.5. The third-order valence-corrected chi connectivity index (χ3v) is 6.08. The molecule has 0 aliphatic carbocycles. The van der Waals surface area contributed by atoms with E-state index in [1.807, 2.05) is 6.07 Å². The van der Waals surface area contributed by atoms with E-state index < -0.39 is 6.04 Å². The van der Waals surface area contributed by atoms with Gasteiger partial charge < -0.3 is 14.3 Å². The van der Waals surface area contributed by atoms with Gasteiger partial charge in [0.25, 0.3) is 11.5 Å². The first-order valence-electron chi connectivity index (χ1n) is 9.88. The maximum atomic E-state index is 13.3. The van der Waals surface area contributed by atoms with E-state index in [4.69, 9.17) is 4.52 Å². The van der Waals surface area contributed by atoms with E-state index in [2.05, 4.69) is 10.1 Å². The van der Waals surface area contributed by atoms with Gasteiger partial charge in [-0.1, -0.05) is 11.2 Å². The van der Waals surface area contributed by atoms with Crippen LogP contribution in [0.2, 0.25) is 0 Å². The van der Waals surface area contributed by atoms with Crippen LogP contribution in [0.25, 0.3) is 11.0 Å². The fraction of sp³-hybridized carbons (Fsp3) is 0.381. The Morgan fingerprint density at radius 2 is 2.00 bits per heavy atom. The summed E-state index contributed by atoms with van der Waals surface area (Å²) in [5.41, 5.74) is 0.991. The molecule has 1 fully saturated rings. The molecular weight excluding hydrogens is 386 g/mol. The van der Waals surface area contributed by atoms with Crippen molar-refractivity contribution in [3.8, 4) is 0 Å². The van der Waals surface area contributed by atoms with Gasteiger partial charge in [-0.25, -0.2) is 4.98 Å². The first-order chi connectivity index (χ1) is 14.5. The second-order valence-electron chi connectivity index (χ2n) is 8.13. The van der Waals surface area contributed by atoms with Crippen LogP contribution < -0.4 is 5.56 Å². The zero-order valence-corrected chi connectivity index (χ0v) is 16.7. The predicted molar refractivity (Wildman–Crippen MR) is 107 cm³/mol. The van der Waals surface area contributed by atoms with Crippen LogP contribution in [-0.2, 0) is 4.79 Å². The molecule has 0 saturated carbocycles. The van der Waals surface area contributed by atoms with Gasteiger partial charge in [-0.05, 0) is 24.6 Å². The van der Waals surface area contributed by atoms with Gasteiger partial charge in [0.15, 0.2) is 0 Å². The number of fused-ring (bicyclic) bond motifs is 5. The van der Waals surface area contributed by atoms with E-state index in [9.17, 15) is 14.4 Å². The van der Waals surface area contributed by atoms with E-state index in [0.717, 1.165) is 12.1 Å². The second-order valence-corrected chi connectivity index (χ2v) is 8.13. The van der Waals surface area contributed by atoms with E-state index in [-0.39, 0.29) is 35.0 Å². The minimum atomic E-state index is -0.635. The summed E-state index contributed by atoms with van der Waals surface area (Å²) in [4.78, 5) is 46.3. The highest BCUT2D eigenvalue weighted by Crippen LogP contribution is 2.42. The van der Waals surface area contributed by atoms with Crippen molar-refractivity contribution in [3.63, 3.8) is 0 Å². The standard InChI is InChI=1S/C21H21N5O4/c1-24(2)20(28)17-13-9-12(15-6-3-7-16(27)26(15)17)10-25(11-13)21(29)18-14-5-4-8-22-19(14)23-30-18/h3-8,12-13,17H,9-11H2,1-2H3/t12-,13+,17-/m1/s1. The van der Waals surface area contributed by atoms with Gasteiger partial charge in [-0.3, -0.25) is 19.0 Å². The number of piperidine rings is 1. The lowest BCUT2D eigenvalue weighted by Crippen LogP contribution is -2.54. The average molecular weight is 407 g/mol. The zero-order valence-electron chi connectivity index (χ0n) is 16.7. The summed E-state index contributed by atoms with van der Waals surface area (Å²) < 4.78 is 6.94. The predicted octanol–water partition coefficient (Wildman–Crippen LogP) is 1.27. The number of pyridine rings is 2. The average Bonchev–Trinajstić information content (AvgIpc) is 3.17. The van der Waals surface area contributed by atoms with Gasteiger partial charge in [-0.15, -0.1) is 0 Å². The number of likely N-dealkylation sites (tertiary alicyclic amines) is 1. The molecule has 9 heteroatoms. The minimum Gasteiger partial charge on any atom is -0.348 e. The highest BCUT2D eigenvalue weighted by atomic mass is 16.5. The van der Waals surface area contributed by atoms with E-state index in [0.29, 0.717) is 24.1 Å². The summed E-state index contributed by atoms with van der Waals surface area (Å²) in [6.45, 7) is 0.812. The van der Waals surface area contributed by atoms with E-state index in [1.165, 1.54) is 11.0 Å². The fourth-order valence-corrected chi connectivity index (χ4v) is 4.76. The highest BCUT2D eigenvalue weighted by Gasteiger charge is 2.45. The Morgan fingerprint density at radius 3 is 2.80 bits per heavy atom. The fourth-order valence-electron chi connectivity index (χ4n) is 4.76. The smallest absolute Gasteiger partial charge is 0.293 e. The van der Waals surface area contributed by atoms with Crippen molar-refractivity contribution in [2.45, 2.75) is 18.4 Å². The molecule has 2 aliphatic heterocycles. The molecule has 3 aromatic rings. The van der Waals surface area contributed by atoms with Crippen LogP contribution in [0.3, 0.4) is 0 Å². The molecule has 1 saturated heterocycles. The van der Waals surface area contributed by atoms with Gasteiger partial charge in [0, 0.05) is 57.0 Å². The number of hydrogen-bond acceptors (Lipinski definition) is 6. The van der Waals surface area contributed by atoms with Crippen LogP contribution in [-0.4, -0.2) is 63.5 Å². The molecule has 0 unspecified atom stereocenters. The highest BCUT2D eigenvalue weighted by molar-refractivity contribution is 6.02. The van der Waals surface area contributed by atoms with Crippen molar-refractivity contribution in [3.05, 3.63) is 58.3 Å². The van der Waals surface area contributed by atoms with Crippen molar-refractivity contribution in [2.24, 2.45) is 5.92 Å². The molecule has 5 heterocycles.